The molecule has 6 heteroatoms. The topological polar surface area (TPSA) is 87.7 Å². The molecule has 1 rings (SSSR count). The lowest BCUT2D eigenvalue weighted by Crippen LogP contribution is -2.22. The predicted molar refractivity (Wildman–Crippen MR) is 76.7 cm³/mol. The third-order valence-electron chi connectivity index (χ3n) is 2.33. The second kappa shape index (κ2) is 5.93. The van der Waals surface area contributed by atoms with Gasteiger partial charge in [-0.05, 0) is 23.6 Å². The van der Waals surface area contributed by atoms with E-state index in [1.54, 1.807) is 18.2 Å². The maximum Gasteiger partial charge on any atom is 0.224 e. The largest absolute Gasteiger partial charge is 0.409 e. The lowest BCUT2D eigenvalue weighted by atomic mass is 9.92. The zero-order valence-corrected chi connectivity index (χ0v) is 12.0. The molecule has 0 atom stereocenters. The van der Waals surface area contributed by atoms with Crippen LogP contribution in [0.4, 0.5) is 5.69 Å². The van der Waals surface area contributed by atoms with Crippen LogP contribution >= 0.6 is 11.6 Å². The molecule has 0 saturated carbocycles. The van der Waals surface area contributed by atoms with E-state index in [0.29, 0.717) is 22.7 Å². The van der Waals surface area contributed by atoms with Crippen molar-refractivity contribution in [1.29, 1.82) is 0 Å². The monoisotopic (exact) mass is 283 g/mol. The average molecular weight is 284 g/mol. The summed E-state index contributed by atoms with van der Waals surface area (Å²) in [6.07, 6.45) is 0.356. The van der Waals surface area contributed by atoms with E-state index >= 15 is 0 Å². The smallest absolute Gasteiger partial charge is 0.224 e. The highest BCUT2D eigenvalue weighted by Crippen LogP contribution is 2.23. The molecule has 0 fully saturated rings. The van der Waals surface area contributed by atoms with E-state index in [1.807, 2.05) is 20.8 Å². The number of halogens is 1. The number of nitrogens with zero attached hydrogens (tertiary/aromatic N) is 1. The van der Waals surface area contributed by atoms with Gasteiger partial charge in [0.05, 0.1) is 5.69 Å². The van der Waals surface area contributed by atoms with Gasteiger partial charge < -0.3 is 16.3 Å². The third-order valence-corrected chi connectivity index (χ3v) is 2.57. The number of oxime groups is 1. The normalized spacial score (nSPS) is 12.3. The SMILES string of the molecule is CC(C)(C)CC(=O)Nc1cc(Cl)ccc1C(N)=NO. The Hall–Kier alpha value is -1.75. The fourth-order valence-corrected chi connectivity index (χ4v) is 1.75. The molecule has 1 aromatic carbocycles. The van der Waals surface area contributed by atoms with E-state index in [4.69, 9.17) is 22.5 Å². The van der Waals surface area contributed by atoms with Crippen molar-refractivity contribution >= 4 is 29.0 Å². The summed E-state index contributed by atoms with van der Waals surface area (Å²) < 4.78 is 0. The number of hydrogen-bond donors (Lipinski definition) is 3. The minimum absolute atomic E-state index is 0.0808. The molecule has 0 aliphatic carbocycles. The number of amidine groups is 1. The lowest BCUT2D eigenvalue weighted by molar-refractivity contribution is -0.117. The van der Waals surface area contributed by atoms with Crippen molar-refractivity contribution in [3.63, 3.8) is 0 Å². The Balaban J connectivity index is 3.00. The molecule has 19 heavy (non-hydrogen) atoms. The molecule has 4 N–H and O–H groups in total. The third kappa shape index (κ3) is 4.79. The minimum atomic E-state index is -0.151. The van der Waals surface area contributed by atoms with Crippen molar-refractivity contribution in [2.75, 3.05) is 5.32 Å². The van der Waals surface area contributed by atoms with Crippen LogP contribution in [-0.4, -0.2) is 17.0 Å². The summed E-state index contributed by atoms with van der Waals surface area (Å²) in [4.78, 5) is 11.9. The summed E-state index contributed by atoms with van der Waals surface area (Å²) in [5.41, 5.74) is 6.28. The zero-order chi connectivity index (χ0) is 14.6. The number of anilines is 1. The van der Waals surface area contributed by atoms with Gasteiger partial charge in [-0.2, -0.15) is 0 Å². The molecular weight excluding hydrogens is 266 g/mol. The minimum Gasteiger partial charge on any atom is -0.409 e. The van der Waals surface area contributed by atoms with E-state index in [2.05, 4.69) is 10.5 Å². The van der Waals surface area contributed by atoms with Gasteiger partial charge in [-0.3, -0.25) is 4.79 Å². The zero-order valence-electron chi connectivity index (χ0n) is 11.2. The van der Waals surface area contributed by atoms with Crippen molar-refractivity contribution in [3.8, 4) is 0 Å². The Morgan fingerprint density at radius 3 is 2.63 bits per heavy atom. The molecule has 1 amide bonds. The van der Waals surface area contributed by atoms with Crippen LogP contribution in [0.3, 0.4) is 0 Å². The van der Waals surface area contributed by atoms with Gasteiger partial charge in [0.1, 0.15) is 0 Å². The molecule has 5 nitrogen and oxygen atoms in total. The first-order valence-electron chi connectivity index (χ1n) is 5.80. The van der Waals surface area contributed by atoms with E-state index < -0.39 is 0 Å². The van der Waals surface area contributed by atoms with Crippen LogP contribution in [0.25, 0.3) is 0 Å². The summed E-state index contributed by atoms with van der Waals surface area (Å²) in [6, 6.07) is 4.76. The van der Waals surface area contributed by atoms with Gasteiger partial charge in [0.15, 0.2) is 5.84 Å². The van der Waals surface area contributed by atoms with E-state index in [1.165, 1.54) is 0 Å². The highest BCUT2D eigenvalue weighted by atomic mass is 35.5. The summed E-state index contributed by atoms with van der Waals surface area (Å²) in [5, 5.41) is 14.8. The van der Waals surface area contributed by atoms with Crippen molar-refractivity contribution < 1.29 is 10.0 Å². The number of nitrogens with one attached hydrogen (secondary N) is 1. The number of amides is 1. The van der Waals surface area contributed by atoms with Crippen LogP contribution < -0.4 is 11.1 Å². The molecule has 1 aromatic rings. The first kappa shape index (κ1) is 15.3. The Kier molecular flexibility index (Phi) is 4.78. The van der Waals surface area contributed by atoms with Gasteiger partial charge in [0, 0.05) is 17.0 Å². The average Bonchev–Trinajstić information content (AvgIpc) is 2.25. The van der Waals surface area contributed by atoms with Gasteiger partial charge >= 0.3 is 0 Å². The Morgan fingerprint density at radius 1 is 1.47 bits per heavy atom. The molecule has 0 aliphatic rings. The second-order valence-electron chi connectivity index (χ2n) is 5.46. The first-order chi connectivity index (χ1) is 8.73. The van der Waals surface area contributed by atoms with Gasteiger partial charge in [-0.15, -0.1) is 0 Å². The van der Waals surface area contributed by atoms with Crippen molar-refractivity contribution in [3.05, 3.63) is 28.8 Å². The molecule has 0 saturated heterocycles. The molecule has 0 aliphatic heterocycles. The highest BCUT2D eigenvalue weighted by molar-refractivity contribution is 6.31. The predicted octanol–water partition coefficient (Wildman–Crippen LogP) is 2.81. The van der Waals surface area contributed by atoms with E-state index in [9.17, 15) is 4.79 Å². The molecule has 0 heterocycles. The fraction of sp³-hybridized carbons (Fsp3) is 0.385. The Labute approximate surface area is 117 Å². The molecule has 0 spiro atoms. The van der Waals surface area contributed by atoms with Crippen molar-refractivity contribution in [2.24, 2.45) is 16.3 Å². The van der Waals surface area contributed by atoms with Gasteiger partial charge in [0.2, 0.25) is 5.91 Å². The van der Waals surface area contributed by atoms with E-state index in [-0.39, 0.29) is 17.2 Å². The number of hydrogen-bond acceptors (Lipinski definition) is 3. The standard InChI is InChI=1S/C13H18ClN3O2/c1-13(2,3)7-11(18)16-10-6-8(14)4-5-9(10)12(15)17-19/h4-6,19H,7H2,1-3H3,(H2,15,17)(H,16,18). The fourth-order valence-electron chi connectivity index (χ4n) is 1.57. The number of rotatable bonds is 3. The Bertz CT molecular complexity index is 507. The first-order valence-corrected chi connectivity index (χ1v) is 6.18. The van der Waals surface area contributed by atoms with Gasteiger partial charge in [-0.25, -0.2) is 0 Å². The molecular formula is C13H18ClN3O2. The molecule has 0 radical (unpaired) electrons. The molecule has 0 unspecified atom stereocenters. The molecule has 104 valence electrons. The van der Waals surface area contributed by atoms with E-state index in [0.717, 1.165) is 0 Å². The van der Waals surface area contributed by atoms with Crippen LogP contribution in [0, 0.1) is 5.41 Å². The number of carbonyl (C=O) groups excluding carboxylic acids is 1. The molecule has 0 aromatic heterocycles. The number of carbonyl (C=O) groups is 1. The second-order valence-corrected chi connectivity index (χ2v) is 5.90. The summed E-state index contributed by atoms with van der Waals surface area (Å²) >= 11 is 5.89. The van der Waals surface area contributed by atoms with Crippen LogP contribution in [-0.2, 0) is 4.79 Å². The number of benzene rings is 1. The maximum absolute atomic E-state index is 11.9. The summed E-state index contributed by atoms with van der Waals surface area (Å²) in [6.45, 7) is 5.90. The quantitative estimate of drug-likeness (QED) is 0.345. The van der Waals surface area contributed by atoms with Crippen molar-refractivity contribution in [1.82, 2.24) is 0 Å². The molecule has 0 bridgehead atoms. The van der Waals surface area contributed by atoms with Crippen LogP contribution in [0.15, 0.2) is 23.4 Å². The Morgan fingerprint density at radius 2 is 2.11 bits per heavy atom. The van der Waals surface area contributed by atoms with Crippen LogP contribution in [0.5, 0.6) is 0 Å². The van der Waals surface area contributed by atoms with Gasteiger partial charge in [0.25, 0.3) is 0 Å². The number of nitrogens with two attached hydrogens (primary N) is 1. The summed E-state index contributed by atoms with van der Waals surface area (Å²) in [7, 11) is 0. The lowest BCUT2D eigenvalue weighted by Gasteiger charge is -2.18. The van der Waals surface area contributed by atoms with Crippen LogP contribution in [0.1, 0.15) is 32.8 Å². The maximum atomic E-state index is 11.9. The summed E-state index contributed by atoms with van der Waals surface area (Å²) in [5.74, 6) is -0.232. The van der Waals surface area contributed by atoms with Gasteiger partial charge in [-0.1, -0.05) is 37.5 Å². The van der Waals surface area contributed by atoms with Crippen LogP contribution in [0.2, 0.25) is 5.02 Å². The van der Waals surface area contributed by atoms with Crippen molar-refractivity contribution in [2.45, 2.75) is 27.2 Å². The highest BCUT2D eigenvalue weighted by Gasteiger charge is 2.17.